The summed E-state index contributed by atoms with van der Waals surface area (Å²) < 4.78 is 38.1. The Bertz CT molecular complexity index is 1080. The van der Waals surface area contributed by atoms with Crippen LogP contribution in [-0.2, 0) is 16.4 Å². The van der Waals surface area contributed by atoms with Crippen molar-refractivity contribution in [3.8, 4) is 11.5 Å². The molecule has 0 bridgehead atoms. The number of methoxy groups -OCH3 is 2. The summed E-state index contributed by atoms with van der Waals surface area (Å²) in [5.74, 6) is 1.03. The fourth-order valence-electron chi connectivity index (χ4n) is 4.08. The van der Waals surface area contributed by atoms with Gasteiger partial charge >= 0.3 is 6.03 Å². The van der Waals surface area contributed by atoms with Gasteiger partial charge in [0, 0.05) is 32.2 Å². The van der Waals surface area contributed by atoms with E-state index in [0.717, 1.165) is 12.0 Å². The number of benzene rings is 2. The van der Waals surface area contributed by atoms with Crippen molar-refractivity contribution in [3.05, 3.63) is 53.6 Å². The Morgan fingerprint density at radius 3 is 2.12 bits per heavy atom. The molecule has 0 saturated carbocycles. The number of urea groups is 1. The summed E-state index contributed by atoms with van der Waals surface area (Å²) in [5, 5.41) is 3.14. The van der Waals surface area contributed by atoms with Crippen molar-refractivity contribution in [2.75, 3.05) is 40.4 Å². The van der Waals surface area contributed by atoms with Crippen LogP contribution in [0.25, 0.3) is 0 Å². The van der Waals surface area contributed by atoms with E-state index in [4.69, 9.17) is 9.47 Å². The maximum Gasteiger partial charge on any atom is 0.317 e. The third-order valence-electron chi connectivity index (χ3n) is 6.21. The third-order valence-corrected chi connectivity index (χ3v) is 8.11. The third kappa shape index (κ3) is 5.64. The average molecular weight is 490 g/mol. The van der Waals surface area contributed by atoms with Crippen molar-refractivity contribution >= 4 is 16.1 Å². The second-order valence-electron chi connectivity index (χ2n) is 8.67. The molecule has 0 radical (unpaired) electrons. The standard InChI is InChI=1S/C25H35N3O5S/c1-6-19-7-9-20(10-8-19)24(18(2)3)26-25(29)27-13-15-28(16-14-27)34(30,31)21-11-12-22(32-4)23(17-21)33-5/h7-12,17-18,24H,6,13-16H2,1-5H3,(H,26,29)/t24-/m1/s1. The molecule has 1 N–H and O–H groups in total. The number of nitrogens with zero attached hydrogens (tertiary/aromatic N) is 2. The number of piperazine rings is 1. The molecule has 1 aliphatic rings. The first-order chi connectivity index (χ1) is 16.2. The number of sulfonamides is 1. The molecule has 0 spiro atoms. The Morgan fingerprint density at radius 2 is 1.59 bits per heavy atom. The summed E-state index contributed by atoms with van der Waals surface area (Å²) >= 11 is 0. The van der Waals surface area contributed by atoms with Gasteiger partial charge in [0.1, 0.15) is 0 Å². The van der Waals surface area contributed by atoms with Crippen molar-refractivity contribution < 1.29 is 22.7 Å². The van der Waals surface area contributed by atoms with E-state index < -0.39 is 10.0 Å². The fourth-order valence-corrected chi connectivity index (χ4v) is 5.52. The van der Waals surface area contributed by atoms with Crippen molar-refractivity contribution in [3.63, 3.8) is 0 Å². The van der Waals surface area contributed by atoms with Crippen LogP contribution in [-0.4, -0.2) is 64.1 Å². The zero-order valence-electron chi connectivity index (χ0n) is 20.6. The lowest BCUT2D eigenvalue weighted by Gasteiger charge is -2.35. The maximum absolute atomic E-state index is 13.1. The van der Waals surface area contributed by atoms with Crippen LogP contribution in [0.2, 0.25) is 0 Å². The number of amides is 2. The van der Waals surface area contributed by atoms with Crippen LogP contribution in [0.15, 0.2) is 47.4 Å². The highest BCUT2D eigenvalue weighted by molar-refractivity contribution is 7.89. The molecule has 1 saturated heterocycles. The van der Waals surface area contributed by atoms with E-state index in [-0.39, 0.29) is 36.0 Å². The van der Waals surface area contributed by atoms with E-state index in [1.165, 1.54) is 36.2 Å². The first-order valence-electron chi connectivity index (χ1n) is 11.6. The fraction of sp³-hybridized carbons (Fsp3) is 0.480. The zero-order valence-corrected chi connectivity index (χ0v) is 21.4. The van der Waals surface area contributed by atoms with Gasteiger partial charge in [-0.25, -0.2) is 13.2 Å². The van der Waals surface area contributed by atoms with E-state index >= 15 is 0 Å². The Morgan fingerprint density at radius 1 is 0.971 bits per heavy atom. The Kier molecular flexibility index (Phi) is 8.43. The molecule has 8 nitrogen and oxygen atoms in total. The van der Waals surface area contributed by atoms with Crippen LogP contribution in [0.5, 0.6) is 11.5 Å². The maximum atomic E-state index is 13.1. The molecule has 2 aromatic rings. The number of rotatable bonds is 8. The summed E-state index contributed by atoms with van der Waals surface area (Å²) in [6, 6.07) is 12.6. The Balaban J connectivity index is 1.65. The molecule has 2 aromatic carbocycles. The highest BCUT2D eigenvalue weighted by Gasteiger charge is 2.31. The highest BCUT2D eigenvalue weighted by atomic mass is 32.2. The zero-order chi connectivity index (χ0) is 24.9. The number of nitrogens with one attached hydrogen (secondary N) is 1. The first kappa shape index (κ1) is 25.8. The van der Waals surface area contributed by atoms with Gasteiger partial charge in [-0.15, -0.1) is 0 Å². The van der Waals surface area contributed by atoms with Gasteiger partial charge < -0.3 is 19.7 Å². The molecule has 1 aliphatic heterocycles. The lowest BCUT2D eigenvalue weighted by Crippen LogP contribution is -2.53. The number of hydrogen-bond acceptors (Lipinski definition) is 5. The number of ether oxygens (including phenoxy) is 2. The number of carbonyl (C=O) groups excluding carboxylic acids is 1. The molecule has 0 aliphatic carbocycles. The number of hydrogen-bond donors (Lipinski definition) is 1. The summed E-state index contributed by atoms with van der Waals surface area (Å²) in [6.07, 6.45) is 0.968. The van der Waals surface area contributed by atoms with Gasteiger partial charge in [-0.1, -0.05) is 45.0 Å². The summed E-state index contributed by atoms with van der Waals surface area (Å²) in [7, 11) is -0.749. The van der Waals surface area contributed by atoms with Gasteiger partial charge in [0.15, 0.2) is 11.5 Å². The number of aryl methyl sites for hydroxylation is 1. The van der Waals surface area contributed by atoms with Gasteiger partial charge in [-0.3, -0.25) is 0 Å². The Labute approximate surface area is 202 Å². The topological polar surface area (TPSA) is 88.2 Å². The molecule has 2 amide bonds. The van der Waals surface area contributed by atoms with Crippen molar-refractivity contribution in [1.29, 1.82) is 0 Å². The predicted molar refractivity (Wildman–Crippen MR) is 132 cm³/mol. The molecule has 34 heavy (non-hydrogen) atoms. The van der Waals surface area contributed by atoms with E-state index in [1.54, 1.807) is 11.0 Å². The molecule has 1 heterocycles. The van der Waals surface area contributed by atoms with E-state index in [0.29, 0.717) is 24.6 Å². The van der Waals surface area contributed by atoms with Crippen LogP contribution < -0.4 is 14.8 Å². The number of carbonyl (C=O) groups is 1. The largest absolute Gasteiger partial charge is 0.493 e. The lowest BCUT2D eigenvalue weighted by atomic mass is 9.95. The van der Waals surface area contributed by atoms with Crippen molar-refractivity contribution in [1.82, 2.24) is 14.5 Å². The highest BCUT2D eigenvalue weighted by Crippen LogP contribution is 2.31. The summed E-state index contributed by atoms with van der Waals surface area (Å²) in [4.78, 5) is 14.8. The van der Waals surface area contributed by atoms with Gasteiger partial charge in [0.05, 0.1) is 25.2 Å². The molecule has 3 rings (SSSR count). The van der Waals surface area contributed by atoms with E-state index in [2.05, 4.69) is 50.4 Å². The molecular formula is C25H35N3O5S. The van der Waals surface area contributed by atoms with Crippen LogP contribution >= 0.6 is 0 Å². The van der Waals surface area contributed by atoms with Crippen LogP contribution in [0.3, 0.4) is 0 Å². The summed E-state index contributed by atoms with van der Waals surface area (Å²) in [6.45, 7) is 7.35. The van der Waals surface area contributed by atoms with E-state index in [1.807, 2.05) is 0 Å². The van der Waals surface area contributed by atoms with Crippen LogP contribution in [0.1, 0.15) is 37.9 Å². The average Bonchev–Trinajstić information content (AvgIpc) is 2.86. The SMILES string of the molecule is CCc1ccc([C@H](NC(=O)N2CCN(S(=O)(=O)c3ccc(OC)c(OC)c3)CC2)C(C)C)cc1. The van der Waals surface area contributed by atoms with Crippen molar-refractivity contribution in [2.45, 2.75) is 38.1 Å². The minimum absolute atomic E-state index is 0.119. The molecule has 186 valence electrons. The lowest BCUT2D eigenvalue weighted by molar-refractivity contribution is 0.166. The van der Waals surface area contributed by atoms with Gasteiger partial charge in [-0.05, 0) is 35.6 Å². The molecular weight excluding hydrogens is 454 g/mol. The normalized spacial score (nSPS) is 15.8. The predicted octanol–water partition coefficient (Wildman–Crippen LogP) is 3.68. The van der Waals surface area contributed by atoms with Crippen LogP contribution in [0.4, 0.5) is 4.79 Å². The molecule has 1 fully saturated rings. The minimum atomic E-state index is -3.72. The smallest absolute Gasteiger partial charge is 0.317 e. The minimum Gasteiger partial charge on any atom is -0.493 e. The van der Waals surface area contributed by atoms with Gasteiger partial charge in [-0.2, -0.15) is 4.31 Å². The van der Waals surface area contributed by atoms with Gasteiger partial charge in [0.2, 0.25) is 10.0 Å². The molecule has 9 heteroatoms. The molecule has 0 unspecified atom stereocenters. The molecule has 0 aromatic heterocycles. The Hall–Kier alpha value is -2.78. The van der Waals surface area contributed by atoms with Crippen molar-refractivity contribution in [2.24, 2.45) is 5.92 Å². The first-order valence-corrected chi connectivity index (χ1v) is 13.0. The van der Waals surface area contributed by atoms with Gasteiger partial charge in [0.25, 0.3) is 0 Å². The second-order valence-corrected chi connectivity index (χ2v) is 10.6. The van der Waals surface area contributed by atoms with E-state index in [9.17, 15) is 13.2 Å². The molecule has 1 atom stereocenters. The quantitative estimate of drug-likeness (QED) is 0.611. The monoisotopic (exact) mass is 489 g/mol. The van der Waals surface area contributed by atoms with Crippen LogP contribution in [0, 0.1) is 5.92 Å². The second kappa shape index (κ2) is 11.1. The summed E-state index contributed by atoms with van der Waals surface area (Å²) in [5.41, 5.74) is 2.32.